The Morgan fingerprint density at radius 1 is 1.08 bits per heavy atom. The van der Waals surface area contributed by atoms with E-state index in [0.29, 0.717) is 24.2 Å². The Labute approximate surface area is 139 Å². The van der Waals surface area contributed by atoms with Crippen LogP contribution in [0.15, 0.2) is 54.9 Å². The first-order valence-electron chi connectivity index (χ1n) is 7.69. The molecule has 1 aromatic heterocycles. The lowest BCUT2D eigenvalue weighted by Gasteiger charge is -2.07. The molecule has 122 valence electrons. The molecular formula is C18H18N4O2. The zero-order valence-electron chi connectivity index (χ0n) is 13.3. The zero-order valence-corrected chi connectivity index (χ0v) is 13.3. The predicted octanol–water partition coefficient (Wildman–Crippen LogP) is 2.42. The van der Waals surface area contributed by atoms with E-state index in [0.717, 1.165) is 11.0 Å². The number of carbonyl (C=O) groups is 2. The number of aryl methyl sites for hydroxylation is 1. The van der Waals surface area contributed by atoms with Crippen molar-refractivity contribution in [2.24, 2.45) is 0 Å². The molecule has 1 heterocycles. The molecule has 3 rings (SSSR count). The van der Waals surface area contributed by atoms with Gasteiger partial charge in [-0.05, 0) is 36.4 Å². The lowest BCUT2D eigenvalue weighted by molar-refractivity contribution is -0.116. The Balaban J connectivity index is 1.58. The third-order valence-electron chi connectivity index (χ3n) is 3.77. The van der Waals surface area contributed by atoms with E-state index in [-0.39, 0.29) is 11.8 Å². The maximum atomic E-state index is 12.1. The molecule has 0 atom stereocenters. The fourth-order valence-corrected chi connectivity index (χ4v) is 2.48. The number of imidazole rings is 1. The first-order chi connectivity index (χ1) is 11.7. The minimum absolute atomic E-state index is 0.0829. The third kappa shape index (κ3) is 3.43. The third-order valence-corrected chi connectivity index (χ3v) is 3.77. The van der Waals surface area contributed by atoms with E-state index in [1.165, 1.54) is 0 Å². The largest absolute Gasteiger partial charge is 0.355 e. The summed E-state index contributed by atoms with van der Waals surface area (Å²) in [6, 6.07) is 14.6. The molecule has 24 heavy (non-hydrogen) atoms. The SMILES string of the molecule is CNC(=O)c1ccc(NC(=O)CCn2cnc3ccccc32)cc1. The van der Waals surface area contributed by atoms with Crippen LogP contribution >= 0.6 is 0 Å². The molecule has 0 spiro atoms. The van der Waals surface area contributed by atoms with Gasteiger partial charge in [0.05, 0.1) is 17.4 Å². The van der Waals surface area contributed by atoms with Crippen molar-refractivity contribution in [3.63, 3.8) is 0 Å². The summed E-state index contributed by atoms with van der Waals surface area (Å²) in [4.78, 5) is 27.9. The van der Waals surface area contributed by atoms with Gasteiger partial charge in [0, 0.05) is 31.3 Å². The summed E-state index contributed by atoms with van der Waals surface area (Å²) < 4.78 is 1.96. The molecule has 0 radical (unpaired) electrons. The second-order valence-electron chi connectivity index (χ2n) is 5.38. The summed E-state index contributed by atoms with van der Waals surface area (Å²) in [5.41, 5.74) is 3.16. The number of para-hydroxylation sites is 2. The molecule has 2 amide bonds. The molecule has 6 heteroatoms. The Morgan fingerprint density at radius 3 is 2.58 bits per heavy atom. The van der Waals surface area contributed by atoms with Gasteiger partial charge in [-0.3, -0.25) is 9.59 Å². The van der Waals surface area contributed by atoms with Gasteiger partial charge in [0.1, 0.15) is 0 Å². The molecule has 2 aromatic carbocycles. The summed E-state index contributed by atoms with van der Waals surface area (Å²) >= 11 is 0. The van der Waals surface area contributed by atoms with Crippen molar-refractivity contribution in [3.8, 4) is 0 Å². The smallest absolute Gasteiger partial charge is 0.251 e. The summed E-state index contributed by atoms with van der Waals surface area (Å²) in [6.07, 6.45) is 2.09. The molecule has 0 unspecified atom stereocenters. The number of amides is 2. The zero-order chi connectivity index (χ0) is 16.9. The first-order valence-corrected chi connectivity index (χ1v) is 7.69. The molecule has 0 aliphatic rings. The molecule has 0 aliphatic heterocycles. The lowest BCUT2D eigenvalue weighted by atomic mass is 10.2. The second kappa shape index (κ2) is 6.95. The van der Waals surface area contributed by atoms with Crippen LogP contribution in [0.2, 0.25) is 0 Å². The van der Waals surface area contributed by atoms with Gasteiger partial charge < -0.3 is 15.2 Å². The van der Waals surface area contributed by atoms with Crippen molar-refractivity contribution >= 4 is 28.5 Å². The number of hydrogen-bond acceptors (Lipinski definition) is 3. The Kier molecular flexibility index (Phi) is 4.56. The van der Waals surface area contributed by atoms with Crippen LogP contribution in [0, 0.1) is 0 Å². The standard InChI is InChI=1S/C18H18N4O2/c1-19-18(24)13-6-8-14(9-7-13)21-17(23)10-11-22-12-20-15-4-2-3-5-16(15)22/h2-9,12H,10-11H2,1H3,(H,19,24)(H,21,23). The highest BCUT2D eigenvalue weighted by molar-refractivity contribution is 5.95. The number of fused-ring (bicyclic) bond motifs is 1. The number of anilines is 1. The van der Waals surface area contributed by atoms with Crippen molar-refractivity contribution in [2.45, 2.75) is 13.0 Å². The minimum atomic E-state index is -0.153. The molecule has 0 saturated heterocycles. The van der Waals surface area contributed by atoms with Gasteiger partial charge in [0.25, 0.3) is 5.91 Å². The summed E-state index contributed by atoms with van der Waals surface area (Å²) in [5, 5.41) is 5.39. The number of nitrogens with zero attached hydrogens (tertiary/aromatic N) is 2. The molecule has 3 aromatic rings. The Hall–Kier alpha value is -3.15. The van der Waals surface area contributed by atoms with Gasteiger partial charge in [-0.15, -0.1) is 0 Å². The van der Waals surface area contributed by atoms with Crippen LogP contribution in [0.25, 0.3) is 11.0 Å². The molecule has 2 N–H and O–H groups in total. The maximum Gasteiger partial charge on any atom is 0.251 e. The fraction of sp³-hybridized carbons (Fsp3) is 0.167. The molecule has 0 saturated carbocycles. The van der Waals surface area contributed by atoms with Crippen LogP contribution in [0.1, 0.15) is 16.8 Å². The van der Waals surface area contributed by atoms with Gasteiger partial charge in [-0.2, -0.15) is 0 Å². The van der Waals surface area contributed by atoms with E-state index < -0.39 is 0 Å². The summed E-state index contributed by atoms with van der Waals surface area (Å²) in [5.74, 6) is -0.236. The maximum absolute atomic E-state index is 12.1. The fourth-order valence-electron chi connectivity index (χ4n) is 2.48. The van der Waals surface area contributed by atoms with Crippen molar-refractivity contribution in [2.75, 3.05) is 12.4 Å². The van der Waals surface area contributed by atoms with Gasteiger partial charge in [-0.1, -0.05) is 12.1 Å². The molecule has 0 fully saturated rings. The highest BCUT2D eigenvalue weighted by Crippen LogP contribution is 2.13. The number of rotatable bonds is 5. The molecular weight excluding hydrogens is 304 g/mol. The second-order valence-corrected chi connectivity index (χ2v) is 5.38. The average molecular weight is 322 g/mol. The van der Waals surface area contributed by atoms with E-state index in [4.69, 9.17) is 0 Å². The first kappa shape index (κ1) is 15.7. The lowest BCUT2D eigenvalue weighted by Crippen LogP contribution is -2.18. The van der Waals surface area contributed by atoms with Gasteiger partial charge in [-0.25, -0.2) is 4.98 Å². The monoisotopic (exact) mass is 322 g/mol. The highest BCUT2D eigenvalue weighted by atomic mass is 16.2. The topological polar surface area (TPSA) is 76.0 Å². The molecule has 6 nitrogen and oxygen atoms in total. The van der Waals surface area contributed by atoms with Crippen molar-refractivity contribution in [1.29, 1.82) is 0 Å². The van der Waals surface area contributed by atoms with Gasteiger partial charge in [0.2, 0.25) is 5.91 Å². The number of benzene rings is 2. The van der Waals surface area contributed by atoms with E-state index in [1.807, 2.05) is 28.8 Å². The quantitative estimate of drug-likeness (QED) is 0.757. The predicted molar refractivity (Wildman–Crippen MR) is 92.8 cm³/mol. The molecule has 0 bridgehead atoms. The average Bonchev–Trinajstić information content (AvgIpc) is 3.03. The van der Waals surface area contributed by atoms with E-state index in [1.54, 1.807) is 37.6 Å². The number of nitrogens with one attached hydrogen (secondary N) is 2. The van der Waals surface area contributed by atoms with Crippen LogP contribution in [0.4, 0.5) is 5.69 Å². The van der Waals surface area contributed by atoms with Crippen LogP contribution in [-0.2, 0) is 11.3 Å². The summed E-state index contributed by atoms with van der Waals surface area (Å²) in [7, 11) is 1.58. The normalized spacial score (nSPS) is 10.5. The number of hydrogen-bond donors (Lipinski definition) is 2. The van der Waals surface area contributed by atoms with Crippen LogP contribution in [-0.4, -0.2) is 28.4 Å². The van der Waals surface area contributed by atoms with Crippen LogP contribution < -0.4 is 10.6 Å². The number of aromatic nitrogens is 2. The van der Waals surface area contributed by atoms with Crippen molar-refractivity contribution in [1.82, 2.24) is 14.9 Å². The Bertz CT molecular complexity index is 868. The van der Waals surface area contributed by atoms with Gasteiger partial charge >= 0.3 is 0 Å². The Morgan fingerprint density at radius 2 is 1.83 bits per heavy atom. The molecule has 0 aliphatic carbocycles. The minimum Gasteiger partial charge on any atom is -0.355 e. The number of carbonyl (C=O) groups excluding carboxylic acids is 2. The van der Waals surface area contributed by atoms with Crippen LogP contribution in [0.3, 0.4) is 0 Å². The van der Waals surface area contributed by atoms with E-state index >= 15 is 0 Å². The van der Waals surface area contributed by atoms with E-state index in [2.05, 4.69) is 15.6 Å². The van der Waals surface area contributed by atoms with Gasteiger partial charge in [0.15, 0.2) is 0 Å². The van der Waals surface area contributed by atoms with Crippen molar-refractivity contribution in [3.05, 3.63) is 60.4 Å². The van der Waals surface area contributed by atoms with Crippen molar-refractivity contribution < 1.29 is 9.59 Å². The summed E-state index contributed by atoms with van der Waals surface area (Å²) in [6.45, 7) is 0.558. The van der Waals surface area contributed by atoms with Crippen LogP contribution in [0.5, 0.6) is 0 Å². The van der Waals surface area contributed by atoms with E-state index in [9.17, 15) is 9.59 Å². The highest BCUT2D eigenvalue weighted by Gasteiger charge is 2.07.